The summed E-state index contributed by atoms with van der Waals surface area (Å²) in [7, 11) is 1.66. The molecule has 0 saturated carbocycles. The fourth-order valence-electron chi connectivity index (χ4n) is 3.33. The van der Waals surface area contributed by atoms with E-state index >= 15 is 0 Å². The molecule has 0 aromatic rings. The summed E-state index contributed by atoms with van der Waals surface area (Å²) in [5, 5.41) is 6.02. The van der Waals surface area contributed by atoms with Crippen molar-refractivity contribution in [2.45, 2.75) is 32.2 Å². The molecule has 0 radical (unpaired) electrons. The molecule has 120 valence electrons. The van der Waals surface area contributed by atoms with E-state index in [1.807, 2.05) is 18.7 Å². The van der Waals surface area contributed by atoms with Gasteiger partial charge in [0, 0.05) is 46.3 Å². The fraction of sp³-hybridized carbons (Fsp3) is 0.867. The van der Waals surface area contributed by atoms with Gasteiger partial charge in [-0.3, -0.25) is 14.5 Å². The van der Waals surface area contributed by atoms with Gasteiger partial charge in [0.2, 0.25) is 11.8 Å². The summed E-state index contributed by atoms with van der Waals surface area (Å²) in [4.78, 5) is 28.9. The van der Waals surface area contributed by atoms with Gasteiger partial charge in [0.15, 0.2) is 0 Å². The number of nitrogens with one attached hydrogen (secondary N) is 2. The van der Waals surface area contributed by atoms with Crippen LogP contribution in [0.5, 0.6) is 0 Å². The van der Waals surface area contributed by atoms with Crippen molar-refractivity contribution in [2.75, 3.05) is 46.3 Å². The van der Waals surface area contributed by atoms with Crippen LogP contribution < -0.4 is 10.6 Å². The molecule has 1 atom stereocenters. The number of nitrogens with zero attached hydrogens (tertiary/aromatic N) is 2. The highest BCUT2D eigenvalue weighted by atomic mass is 16.2. The average molecular weight is 296 g/mol. The van der Waals surface area contributed by atoms with E-state index in [2.05, 4.69) is 15.5 Å². The fourth-order valence-corrected chi connectivity index (χ4v) is 3.33. The Morgan fingerprint density at radius 3 is 2.48 bits per heavy atom. The van der Waals surface area contributed by atoms with Gasteiger partial charge in [-0.25, -0.2) is 0 Å². The van der Waals surface area contributed by atoms with Gasteiger partial charge >= 0.3 is 0 Å². The third-order valence-corrected chi connectivity index (χ3v) is 4.76. The molecular formula is C15H28N4O2. The molecule has 0 spiro atoms. The topological polar surface area (TPSA) is 64.7 Å². The second-order valence-electron chi connectivity index (χ2n) is 6.50. The summed E-state index contributed by atoms with van der Waals surface area (Å²) in [6.45, 7) is 8.97. The van der Waals surface area contributed by atoms with E-state index in [1.165, 1.54) is 0 Å². The first-order valence-corrected chi connectivity index (χ1v) is 7.93. The second-order valence-corrected chi connectivity index (χ2v) is 6.50. The molecule has 1 unspecified atom stereocenters. The number of carbonyl (C=O) groups is 2. The van der Waals surface area contributed by atoms with Gasteiger partial charge in [0.05, 0.1) is 11.5 Å². The van der Waals surface area contributed by atoms with Gasteiger partial charge in [-0.1, -0.05) is 0 Å². The minimum Gasteiger partial charge on any atom is -0.359 e. The molecule has 0 aromatic carbocycles. The lowest BCUT2D eigenvalue weighted by Crippen LogP contribution is -2.62. The number of carbonyl (C=O) groups excluding carboxylic acids is 2. The molecule has 6 heteroatoms. The van der Waals surface area contributed by atoms with Crippen LogP contribution in [0.1, 0.15) is 26.7 Å². The van der Waals surface area contributed by atoms with E-state index in [9.17, 15) is 9.59 Å². The average Bonchev–Trinajstić information content (AvgIpc) is 2.54. The van der Waals surface area contributed by atoms with Gasteiger partial charge in [-0.2, -0.15) is 0 Å². The quantitative estimate of drug-likeness (QED) is 0.747. The van der Waals surface area contributed by atoms with Crippen LogP contribution in [-0.4, -0.2) is 73.5 Å². The molecule has 6 nitrogen and oxygen atoms in total. The SMILES string of the molecule is CNC(=O)C1CCCN(C(=O)C(C)(C)N2CCNCC2)C1. The van der Waals surface area contributed by atoms with E-state index in [0.717, 1.165) is 45.6 Å². The van der Waals surface area contributed by atoms with Crippen molar-refractivity contribution >= 4 is 11.8 Å². The highest BCUT2D eigenvalue weighted by Gasteiger charge is 2.40. The number of likely N-dealkylation sites (tertiary alicyclic amines) is 1. The van der Waals surface area contributed by atoms with Crippen LogP contribution in [-0.2, 0) is 9.59 Å². The first-order valence-electron chi connectivity index (χ1n) is 7.93. The number of hydrogen-bond acceptors (Lipinski definition) is 4. The molecular weight excluding hydrogens is 268 g/mol. The molecule has 0 bridgehead atoms. The number of piperidine rings is 1. The van der Waals surface area contributed by atoms with Crippen molar-refractivity contribution in [1.82, 2.24) is 20.4 Å². The Morgan fingerprint density at radius 2 is 1.86 bits per heavy atom. The Bertz CT molecular complexity index is 391. The summed E-state index contributed by atoms with van der Waals surface area (Å²) in [6.07, 6.45) is 1.78. The van der Waals surface area contributed by atoms with E-state index in [4.69, 9.17) is 0 Å². The summed E-state index contributed by atoms with van der Waals surface area (Å²) in [5.74, 6) is 0.136. The lowest BCUT2D eigenvalue weighted by atomic mass is 9.93. The van der Waals surface area contributed by atoms with Crippen molar-refractivity contribution in [1.29, 1.82) is 0 Å². The van der Waals surface area contributed by atoms with Crippen LogP contribution in [0.25, 0.3) is 0 Å². The Kier molecular flexibility index (Phi) is 5.22. The smallest absolute Gasteiger partial charge is 0.242 e. The number of piperazine rings is 1. The molecule has 0 aliphatic carbocycles. The molecule has 2 aliphatic rings. The second kappa shape index (κ2) is 6.75. The largest absolute Gasteiger partial charge is 0.359 e. The van der Waals surface area contributed by atoms with Gasteiger partial charge < -0.3 is 15.5 Å². The zero-order chi connectivity index (χ0) is 15.5. The molecule has 21 heavy (non-hydrogen) atoms. The van der Waals surface area contributed by atoms with Crippen LogP contribution in [0.4, 0.5) is 0 Å². The highest BCUT2D eigenvalue weighted by molar-refractivity contribution is 5.86. The van der Waals surface area contributed by atoms with Crippen LogP contribution in [0.2, 0.25) is 0 Å². The Labute approximate surface area is 127 Å². The van der Waals surface area contributed by atoms with Gasteiger partial charge in [0.25, 0.3) is 0 Å². The van der Waals surface area contributed by atoms with Crippen LogP contribution >= 0.6 is 0 Å². The van der Waals surface area contributed by atoms with E-state index in [0.29, 0.717) is 6.54 Å². The number of rotatable bonds is 3. The van der Waals surface area contributed by atoms with Crippen molar-refractivity contribution in [3.63, 3.8) is 0 Å². The zero-order valence-corrected chi connectivity index (χ0v) is 13.4. The van der Waals surface area contributed by atoms with Crippen molar-refractivity contribution in [3.05, 3.63) is 0 Å². The van der Waals surface area contributed by atoms with Crippen LogP contribution in [0.3, 0.4) is 0 Å². The molecule has 2 rings (SSSR count). The first-order chi connectivity index (χ1) is 9.96. The third-order valence-electron chi connectivity index (χ3n) is 4.76. The van der Waals surface area contributed by atoms with Crippen LogP contribution in [0, 0.1) is 5.92 Å². The number of hydrogen-bond donors (Lipinski definition) is 2. The predicted octanol–water partition coefficient (Wildman–Crippen LogP) is -0.345. The minimum atomic E-state index is -0.493. The summed E-state index contributed by atoms with van der Waals surface area (Å²) >= 11 is 0. The number of amides is 2. The maximum Gasteiger partial charge on any atom is 0.242 e. The Hall–Kier alpha value is -1.14. The van der Waals surface area contributed by atoms with Gasteiger partial charge in [0.1, 0.15) is 0 Å². The van der Waals surface area contributed by atoms with E-state index in [-0.39, 0.29) is 17.7 Å². The monoisotopic (exact) mass is 296 g/mol. The Morgan fingerprint density at radius 1 is 1.19 bits per heavy atom. The molecule has 0 aromatic heterocycles. The maximum absolute atomic E-state index is 12.9. The third kappa shape index (κ3) is 3.55. The lowest BCUT2D eigenvalue weighted by Gasteiger charge is -2.44. The molecule has 2 heterocycles. The molecule has 2 saturated heterocycles. The van der Waals surface area contributed by atoms with Crippen molar-refractivity contribution in [2.24, 2.45) is 5.92 Å². The molecule has 2 fully saturated rings. The van der Waals surface area contributed by atoms with Crippen molar-refractivity contribution < 1.29 is 9.59 Å². The maximum atomic E-state index is 12.9. The Balaban J connectivity index is 2.02. The minimum absolute atomic E-state index is 0.0486. The highest BCUT2D eigenvalue weighted by Crippen LogP contribution is 2.23. The van der Waals surface area contributed by atoms with Gasteiger partial charge in [-0.05, 0) is 26.7 Å². The molecule has 2 amide bonds. The first kappa shape index (κ1) is 16.2. The van der Waals surface area contributed by atoms with E-state index < -0.39 is 5.54 Å². The van der Waals surface area contributed by atoms with E-state index in [1.54, 1.807) is 7.05 Å². The lowest BCUT2D eigenvalue weighted by molar-refractivity contribution is -0.146. The summed E-state index contributed by atoms with van der Waals surface area (Å²) < 4.78 is 0. The summed E-state index contributed by atoms with van der Waals surface area (Å²) in [6, 6.07) is 0. The van der Waals surface area contributed by atoms with Gasteiger partial charge in [-0.15, -0.1) is 0 Å². The summed E-state index contributed by atoms with van der Waals surface area (Å²) in [5.41, 5.74) is -0.493. The van der Waals surface area contributed by atoms with Crippen LogP contribution in [0.15, 0.2) is 0 Å². The standard InChI is InChI=1S/C15H28N4O2/c1-15(2,19-9-6-17-7-10-19)14(21)18-8-4-5-12(11-18)13(20)16-3/h12,17H,4-11H2,1-3H3,(H,16,20). The molecule has 2 aliphatic heterocycles. The normalized spacial score (nSPS) is 24.7. The predicted molar refractivity (Wildman–Crippen MR) is 81.9 cm³/mol. The van der Waals surface area contributed by atoms with Crippen molar-refractivity contribution in [3.8, 4) is 0 Å². The molecule has 2 N–H and O–H groups in total. The zero-order valence-electron chi connectivity index (χ0n) is 13.4.